The monoisotopic (exact) mass is 319 g/mol. The average molecular weight is 319 g/mol. The van der Waals surface area contributed by atoms with E-state index in [0.717, 1.165) is 28.8 Å². The maximum absolute atomic E-state index is 5.92. The van der Waals surface area contributed by atoms with Gasteiger partial charge in [0, 0.05) is 29.2 Å². The molecule has 0 fully saturated rings. The first-order valence-electron chi connectivity index (χ1n) is 7.86. The highest BCUT2D eigenvalue weighted by atomic mass is 16.5. The molecule has 0 radical (unpaired) electrons. The Hall–Kier alpha value is -3.08. The molecule has 0 atom stereocenters. The van der Waals surface area contributed by atoms with E-state index in [1.807, 2.05) is 36.4 Å². The Morgan fingerprint density at radius 2 is 1.75 bits per heavy atom. The minimum atomic E-state index is 0.501. The largest absolute Gasteiger partial charge is 0.497 e. The molecule has 2 heterocycles. The first-order chi connectivity index (χ1) is 11.8. The summed E-state index contributed by atoms with van der Waals surface area (Å²) < 4.78 is 13.3. The molecule has 0 unspecified atom stereocenters. The van der Waals surface area contributed by atoms with Gasteiger partial charge in [-0.3, -0.25) is 0 Å². The zero-order chi connectivity index (χ0) is 16.5. The summed E-state index contributed by atoms with van der Waals surface area (Å²) in [6.07, 6.45) is 2.07. The Balaban J connectivity index is 1.77. The van der Waals surface area contributed by atoms with Crippen LogP contribution in [0.25, 0.3) is 33.8 Å². The number of hydrogen-bond acceptors (Lipinski definition) is 4. The molecule has 0 amide bonds. The highest BCUT2D eigenvalue weighted by Crippen LogP contribution is 2.31. The van der Waals surface area contributed by atoms with Crippen LogP contribution in [0.1, 0.15) is 6.92 Å². The number of fused-ring (bicyclic) bond motifs is 1. The quantitative estimate of drug-likeness (QED) is 0.560. The van der Waals surface area contributed by atoms with Crippen molar-refractivity contribution in [1.82, 2.24) is 14.8 Å². The zero-order valence-corrected chi connectivity index (χ0v) is 13.6. The maximum atomic E-state index is 5.92. The van der Waals surface area contributed by atoms with Gasteiger partial charge in [0.2, 0.25) is 11.8 Å². The molecular weight excluding hydrogens is 302 g/mol. The van der Waals surface area contributed by atoms with Gasteiger partial charge in [0.1, 0.15) is 5.75 Å². The molecule has 2 aromatic carbocycles. The van der Waals surface area contributed by atoms with E-state index < -0.39 is 0 Å². The van der Waals surface area contributed by atoms with E-state index in [-0.39, 0.29) is 0 Å². The van der Waals surface area contributed by atoms with Crippen LogP contribution in [-0.4, -0.2) is 21.9 Å². The molecule has 0 saturated heterocycles. The molecule has 120 valence electrons. The summed E-state index contributed by atoms with van der Waals surface area (Å²) in [5.74, 6) is 1.83. The van der Waals surface area contributed by atoms with Crippen LogP contribution < -0.4 is 4.74 Å². The van der Waals surface area contributed by atoms with Crippen molar-refractivity contribution in [2.45, 2.75) is 13.5 Å². The molecule has 0 bridgehead atoms. The first-order valence-corrected chi connectivity index (χ1v) is 7.86. The van der Waals surface area contributed by atoms with E-state index in [1.165, 1.54) is 5.52 Å². The van der Waals surface area contributed by atoms with E-state index in [4.69, 9.17) is 9.15 Å². The van der Waals surface area contributed by atoms with Crippen molar-refractivity contribution in [3.63, 3.8) is 0 Å². The predicted molar refractivity (Wildman–Crippen MR) is 92.9 cm³/mol. The highest BCUT2D eigenvalue weighted by molar-refractivity contribution is 5.94. The van der Waals surface area contributed by atoms with Gasteiger partial charge >= 0.3 is 0 Å². The molecule has 0 spiro atoms. The Labute approximate surface area is 139 Å². The van der Waals surface area contributed by atoms with E-state index in [0.29, 0.717) is 11.8 Å². The molecule has 5 nitrogen and oxygen atoms in total. The van der Waals surface area contributed by atoms with Crippen LogP contribution in [-0.2, 0) is 6.54 Å². The van der Waals surface area contributed by atoms with Crippen LogP contribution in [0.5, 0.6) is 5.75 Å². The van der Waals surface area contributed by atoms with Gasteiger partial charge in [0.15, 0.2) is 0 Å². The fourth-order valence-corrected chi connectivity index (χ4v) is 2.86. The third kappa shape index (κ3) is 2.34. The third-order valence-corrected chi connectivity index (χ3v) is 4.12. The van der Waals surface area contributed by atoms with E-state index >= 15 is 0 Å². The smallest absolute Gasteiger partial charge is 0.250 e. The van der Waals surface area contributed by atoms with Crippen molar-refractivity contribution in [2.75, 3.05) is 7.11 Å². The van der Waals surface area contributed by atoms with Crippen molar-refractivity contribution >= 4 is 10.9 Å². The summed E-state index contributed by atoms with van der Waals surface area (Å²) in [6, 6.07) is 15.8. The van der Waals surface area contributed by atoms with Gasteiger partial charge in [0.05, 0.1) is 12.7 Å². The number of hydrogen-bond donors (Lipinski definition) is 0. The lowest BCUT2D eigenvalue weighted by molar-refractivity contribution is 0.415. The van der Waals surface area contributed by atoms with Crippen LogP contribution in [0.4, 0.5) is 0 Å². The van der Waals surface area contributed by atoms with Gasteiger partial charge in [0.25, 0.3) is 0 Å². The van der Waals surface area contributed by atoms with Crippen molar-refractivity contribution in [3.8, 4) is 28.7 Å². The number of nitrogens with zero attached hydrogens (tertiary/aromatic N) is 3. The summed E-state index contributed by atoms with van der Waals surface area (Å²) in [6.45, 7) is 3.01. The predicted octanol–water partition coefficient (Wildman–Crippen LogP) is 4.39. The standard InChI is InChI=1S/C19H17N3O2/c1-3-22-12-16(15-6-4-5-7-17(15)22)19-21-20-18(24-19)13-8-10-14(23-2)11-9-13/h4-12H,3H2,1-2H3. The van der Waals surface area contributed by atoms with Crippen molar-refractivity contribution in [1.29, 1.82) is 0 Å². The minimum absolute atomic E-state index is 0.501. The highest BCUT2D eigenvalue weighted by Gasteiger charge is 2.16. The lowest BCUT2D eigenvalue weighted by Crippen LogP contribution is -1.89. The Morgan fingerprint density at radius 1 is 1.00 bits per heavy atom. The number of benzene rings is 2. The lowest BCUT2D eigenvalue weighted by Gasteiger charge is -1.99. The molecule has 0 saturated carbocycles. The number of para-hydroxylation sites is 1. The summed E-state index contributed by atoms with van der Waals surface area (Å²) in [5, 5.41) is 9.55. The van der Waals surface area contributed by atoms with E-state index in [2.05, 4.69) is 40.0 Å². The summed E-state index contributed by atoms with van der Waals surface area (Å²) in [4.78, 5) is 0. The summed E-state index contributed by atoms with van der Waals surface area (Å²) >= 11 is 0. The van der Waals surface area contributed by atoms with Gasteiger partial charge in [-0.1, -0.05) is 18.2 Å². The Kier molecular flexibility index (Phi) is 3.54. The minimum Gasteiger partial charge on any atom is -0.497 e. The molecule has 0 N–H and O–H groups in total. The van der Waals surface area contributed by atoms with Gasteiger partial charge in [-0.2, -0.15) is 0 Å². The van der Waals surface area contributed by atoms with Gasteiger partial charge < -0.3 is 13.7 Å². The van der Waals surface area contributed by atoms with Gasteiger partial charge in [-0.25, -0.2) is 0 Å². The molecule has 2 aromatic heterocycles. The van der Waals surface area contributed by atoms with Gasteiger partial charge in [-0.05, 0) is 37.3 Å². The number of methoxy groups -OCH3 is 1. The van der Waals surface area contributed by atoms with Crippen LogP contribution in [0.2, 0.25) is 0 Å². The SMILES string of the molecule is CCn1cc(-c2nnc(-c3ccc(OC)cc3)o2)c2ccccc21. The normalized spacial score (nSPS) is 11.1. The lowest BCUT2D eigenvalue weighted by atomic mass is 10.2. The van der Waals surface area contributed by atoms with Crippen LogP contribution in [0, 0.1) is 0 Å². The molecule has 5 heteroatoms. The fraction of sp³-hybridized carbons (Fsp3) is 0.158. The number of aryl methyl sites for hydroxylation is 1. The number of ether oxygens (including phenoxy) is 1. The van der Waals surface area contributed by atoms with Crippen LogP contribution >= 0.6 is 0 Å². The first kappa shape index (κ1) is 14.5. The zero-order valence-electron chi connectivity index (χ0n) is 13.6. The molecular formula is C19H17N3O2. The number of rotatable bonds is 4. The summed E-state index contributed by atoms with van der Waals surface area (Å²) in [7, 11) is 1.64. The second-order valence-electron chi connectivity index (χ2n) is 5.49. The Morgan fingerprint density at radius 3 is 2.50 bits per heavy atom. The average Bonchev–Trinajstić information content (AvgIpc) is 3.26. The fourth-order valence-electron chi connectivity index (χ4n) is 2.86. The molecule has 0 aliphatic carbocycles. The topological polar surface area (TPSA) is 53.1 Å². The molecule has 0 aliphatic heterocycles. The second kappa shape index (κ2) is 5.85. The van der Waals surface area contributed by atoms with Crippen molar-refractivity contribution in [3.05, 3.63) is 54.7 Å². The van der Waals surface area contributed by atoms with E-state index in [9.17, 15) is 0 Å². The maximum Gasteiger partial charge on any atom is 0.250 e. The van der Waals surface area contributed by atoms with Crippen molar-refractivity contribution < 1.29 is 9.15 Å². The summed E-state index contributed by atoms with van der Waals surface area (Å²) in [5.41, 5.74) is 2.99. The molecule has 4 rings (SSSR count). The number of aromatic nitrogens is 3. The second-order valence-corrected chi connectivity index (χ2v) is 5.49. The van der Waals surface area contributed by atoms with Gasteiger partial charge in [-0.15, -0.1) is 10.2 Å². The van der Waals surface area contributed by atoms with E-state index in [1.54, 1.807) is 7.11 Å². The van der Waals surface area contributed by atoms with Crippen molar-refractivity contribution in [2.24, 2.45) is 0 Å². The molecule has 4 aromatic rings. The third-order valence-electron chi connectivity index (χ3n) is 4.12. The van der Waals surface area contributed by atoms with Crippen LogP contribution in [0.15, 0.2) is 59.1 Å². The van der Waals surface area contributed by atoms with Crippen LogP contribution in [0.3, 0.4) is 0 Å². The molecule has 24 heavy (non-hydrogen) atoms. The Bertz CT molecular complexity index is 983. The molecule has 0 aliphatic rings.